The monoisotopic (exact) mass is 434 g/mol. The van der Waals surface area contributed by atoms with Crippen molar-refractivity contribution in [2.24, 2.45) is 5.92 Å². The average Bonchev–Trinajstić information content (AvgIpc) is 3.44. The second kappa shape index (κ2) is 8.85. The highest BCUT2D eigenvalue weighted by molar-refractivity contribution is 5.80. The van der Waals surface area contributed by atoms with Crippen LogP contribution in [0.2, 0.25) is 0 Å². The van der Waals surface area contributed by atoms with Gasteiger partial charge in [-0.15, -0.1) is 0 Å². The van der Waals surface area contributed by atoms with Gasteiger partial charge in [-0.3, -0.25) is 4.79 Å². The van der Waals surface area contributed by atoms with E-state index in [9.17, 15) is 4.79 Å². The quantitative estimate of drug-likeness (QED) is 0.596. The molecule has 1 N–H and O–H groups in total. The van der Waals surface area contributed by atoms with Crippen LogP contribution >= 0.6 is 0 Å². The first-order valence-corrected chi connectivity index (χ1v) is 11.6. The van der Waals surface area contributed by atoms with Gasteiger partial charge in [0.1, 0.15) is 5.52 Å². The van der Waals surface area contributed by atoms with Crippen molar-refractivity contribution in [2.75, 3.05) is 13.7 Å². The lowest BCUT2D eigenvalue weighted by atomic mass is 9.83. The first-order valence-electron chi connectivity index (χ1n) is 11.6. The maximum atomic E-state index is 12.6. The maximum Gasteiger partial charge on any atom is 0.223 e. The Bertz CT molecular complexity index is 1120. The Hall–Kier alpha value is -3.02. The summed E-state index contributed by atoms with van der Waals surface area (Å²) in [5, 5.41) is 3.08. The normalized spacial score (nSPS) is 21.6. The first-order chi connectivity index (χ1) is 15.6. The summed E-state index contributed by atoms with van der Waals surface area (Å²) in [6, 6.07) is 12.1. The molecule has 32 heavy (non-hydrogen) atoms. The molecule has 2 atom stereocenters. The molecule has 1 aliphatic heterocycles. The maximum absolute atomic E-state index is 12.6. The van der Waals surface area contributed by atoms with Crippen molar-refractivity contribution in [1.29, 1.82) is 0 Å². The third kappa shape index (κ3) is 4.31. The van der Waals surface area contributed by atoms with E-state index >= 15 is 0 Å². The predicted octanol–water partition coefficient (Wildman–Crippen LogP) is 4.93. The Kier molecular flexibility index (Phi) is 5.77. The lowest BCUT2D eigenvalue weighted by Gasteiger charge is -2.29. The van der Waals surface area contributed by atoms with Gasteiger partial charge in [0.05, 0.1) is 13.2 Å². The van der Waals surface area contributed by atoms with E-state index in [1.165, 1.54) is 12.8 Å². The van der Waals surface area contributed by atoms with Crippen LogP contribution in [0, 0.1) is 12.8 Å². The molecule has 1 saturated heterocycles. The molecule has 0 radical (unpaired) electrons. The molecule has 6 nitrogen and oxygen atoms in total. The molecule has 0 bridgehead atoms. The molecule has 2 fully saturated rings. The summed E-state index contributed by atoms with van der Waals surface area (Å²) in [6.07, 6.45) is 6.14. The summed E-state index contributed by atoms with van der Waals surface area (Å²) in [4.78, 5) is 17.2. The van der Waals surface area contributed by atoms with E-state index in [1.807, 2.05) is 31.2 Å². The molecule has 6 heteroatoms. The zero-order chi connectivity index (χ0) is 22.1. The molecule has 168 valence electrons. The molecular weight excluding hydrogens is 404 g/mol. The van der Waals surface area contributed by atoms with Crippen LogP contribution in [0.1, 0.15) is 55.0 Å². The van der Waals surface area contributed by atoms with Crippen molar-refractivity contribution in [1.82, 2.24) is 10.3 Å². The number of hydrogen-bond acceptors (Lipinski definition) is 5. The average molecular weight is 435 g/mol. The molecule has 1 saturated carbocycles. The van der Waals surface area contributed by atoms with Crippen LogP contribution in [-0.2, 0) is 11.2 Å². The largest absolute Gasteiger partial charge is 0.493 e. The van der Waals surface area contributed by atoms with E-state index < -0.39 is 0 Å². The number of nitrogens with zero attached hydrogens (tertiary/aromatic N) is 1. The topological polar surface area (TPSA) is 73.6 Å². The summed E-state index contributed by atoms with van der Waals surface area (Å²) in [7, 11) is 1.68. The summed E-state index contributed by atoms with van der Waals surface area (Å²) in [5.41, 5.74) is 3.90. The molecule has 3 aromatic rings. The fraction of sp³-hybridized carbons (Fsp3) is 0.462. The number of amides is 1. The van der Waals surface area contributed by atoms with Crippen molar-refractivity contribution >= 4 is 17.0 Å². The molecule has 2 aliphatic rings. The van der Waals surface area contributed by atoms with Crippen molar-refractivity contribution in [3.05, 3.63) is 53.4 Å². The van der Waals surface area contributed by atoms with Gasteiger partial charge in [-0.2, -0.15) is 0 Å². The summed E-state index contributed by atoms with van der Waals surface area (Å²) in [6.45, 7) is 2.65. The third-order valence-corrected chi connectivity index (χ3v) is 6.73. The van der Waals surface area contributed by atoms with E-state index in [2.05, 4.69) is 22.4 Å². The van der Waals surface area contributed by atoms with Gasteiger partial charge in [-0.05, 0) is 74.4 Å². The number of carbonyl (C=O) groups excluding carboxylic acids is 1. The van der Waals surface area contributed by atoms with Crippen LogP contribution in [-0.4, -0.2) is 30.6 Å². The minimum atomic E-state index is -0.177. The van der Waals surface area contributed by atoms with Crippen LogP contribution in [0.5, 0.6) is 11.5 Å². The third-order valence-electron chi connectivity index (χ3n) is 6.73. The number of hydrogen-bond donors (Lipinski definition) is 1. The minimum Gasteiger partial charge on any atom is -0.493 e. The Balaban J connectivity index is 1.33. The van der Waals surface area contributed by atoms with Crippen LogP contribution in [0.3, 0.4) is 0 Å². The number of fused-ring (bicyclic) bond motifs is 1. The Labute approximate surface area is 188 Å². The van der Waals surface area contributed by atoms with Gasteiger partial charge in [0.25, 0.3) is 0 Å². The number of methoxy groups -OCH3 is 1. The van der Waals surface area contributed by atoms with E-state index in [1.54, 1.807) is 7.11 Å². The molecule has 1 aliphatic carbocycles. The Morgan fingerprint density at radius 2 is 1.97 bits per heavy atom. The standard InChI is InChI=1S/C26H30N2O4/c1-16-7-9-21-23(11-16)32-25(28-21)14-18-12-19(15-27-26(18)29)17-8-10-22(30-2)24(13-17)31-20-5-3-4-6-20/h7-11,13,18-20H,3-6,12,14-15H2,1-2H3,(H,27,29)/t18-,19+/m0/s1. The van der Waals surface area contributed by atoms with E-state index in [0.717, 1.165) is 53.0 Å². The van der Waals surface area contributed by atoms with E-state index in [0.29, 0.717) is 18.9 Å². The van der Waals surface area contributed by atoms with Crippen LogP contribution < -0.4 is 14.8 Å². The lowest BCUT2D eigenvalue weighted by Crippen LogP contribution is -2.41. The number of carbonyl (C=O) groups is 1. The zero-order valence-electron chi connectivity index (χ0n) is 18.7. The molecule has 2 aromatic carbocycles. The predicted molar refractivity (Wildman–Crippen MR) is 122 cm³/mol. The SMILES string of the molecule is COc1ccc([C@H]2CNC(=O)[C@H](Cc3nc4ccc(C)cc4o3)C2)cc1OC1CCCC1. The highest BCUT2D eigenvalue weighted by atomic mass is 16.5. The highest BCUT2D eigenvalue weighted by Crippen LogP contribution is 2.37. The van der Waals surface area contributed by atoms with Gasteiger partial charge in [-0.25, -0.2) is 4.98 Å². The number of benzene rings is 2. The molecule has 0 spiro atoms. The zero-order valence-corrected chi connectivity index (χ0v) is 18.7. The van der Waals surface area contributed by atoms with Gasteiger partial charge in [0, 0.05) is 24.8 Å². The minimum absolute atomic E-state index is 0.0654. The van der Waals surface area contributed by atoms with Gasteiger partial charge >= 0.3 is 0 Å². The number of aryl methyl sites for hydroxylation is 1. The Morgan fingerprint density at radius 3 is 2.78 bits per heavy atom. The van der Waals surface area contributed by atoms with Crippen molar-refractivity contribution < 1.29 is 18.7 Å². The summed E-state index contributed by atoms with van der Waals surface area (Å²) in [5.74, 6) is 2.28. The van der Waals surface area contributed by atoms with E-state index in [4.69, 9.17) is 13.9 Å². The number of nitrogens with one attached hydrogen (secondary N) is 1. The van der Waals surface area contributed by atoms with Gasteiger partial charge in [0.15, 0.2) is 23.0 Å². The molecular formula is C26H30N2O4. The van der Waals surface area contributed by atoms with Crippen molar-refractivity contribution in [2.45, 2.75) is 57.5 Å². The second-order valence-corrected chi connectivity index (χ2v) is 9.09. The first kappa shape index (κ1) is 20.9. The Morgan fingerprint density at radius 1 is 1.12 bits per heavy atom. The molecule has 0 unspecified atom stereocenters. The molecule has 1 amide bonds. The van der Waals surface area contributed by atoms with Gasteiger partial charge < -0.3 is 19.2 Å². The lowest BCUT2D eigenvalue weighted by molar-refractivity contribution is -0.127. The summed E-state index contributed by atoms with van der Waals surface area (Å²) < 4.78 is 17.8. The smallest absolute Gasteiger partial charge is 0.223 e. The van der Waals surface area contributed by atoms with Gasteiger partial charge in [-0.1, -0.05) is 12.1 Å². The van der Waals surface area contributed by atoms with Crippen LogP contribution in [0.4, 0.5) is 0 Å². The number of oxazole rings is 1. The highest BCUT2D eigenvalue weighted by Gasteiger charge is 2.31. The number of piperidine rings is 1. The van der Waals surface area contributed by atoms with E-state index in [-0.39, 0.29) is 23.8 Å². The van der Waals surface area contributed by atoms with Crippen LogP contribution in [0.25, 0.3) is 11.1 Å². The van der Waals surface area contributed by atoms with Gasteiger partial charge in [0.2, 0.25) is 5.91 Å². The van der Waals surface area contributed by atoms with Crippen molar-refractivity contribution in [3.8, 4) is 11.5 Å². The second-order valence-electron chi connectivity index (χ2n) is 9.09. The molecule has 1 aromatic heterocycles. The molecule has 5 rings (SSSR count). The number of aromatic nitrogens is 1. The van der Waals surface area contributed by atoms with Crippen LogP contribution in [0.15, 0.2) is 40.8 Å². The summed E-state index contributed by atoms with van der Waals surface area (Å²) >= 11 is 0. The fourth-order valence-corrected chi connectivity index (χ4v) is 4.93. The van der Waals surface area contributed by atoms with Crippen molar-refractivity contribution in [3.63, 3.8) is 0 Å². The number of ether oxygens (including phenoxy) is 2. The fourth-order valence-electron chi connectivity index (χ4n) is 4.93. The molecule has 2 heterocycles. The number of rotatable bonds is 6.